The predicted molar refractivity (Wildman–Crippen MR) is 289 cm³/mol. The van der Waals surface area contributed by atoms with Gasteiger partial charge in [-0.25, -0.2) is 5.48 Å². The lowest BCUT2D eigenvalue weighted by molar-refractivity contribution is -0.136. The van der Waals surface area contributed by atoms with Crippen molar-refractivity contribution in [3.8, 4) is 0 Å². The van der Waals surface area contributed by atoms with Crippen LogP contribution in [0.25, 0.3) is 0 Å². The van der Waals surface area contributed by atoms with E-state index in [1.807, 2.05) is 30.3 Å². The highest BCUT2D eigenvalue weighted by Crippen LogP contribution is 2.24. The first-order valence-corrected chi connectivity index (χ1v) is 27.1. The molecular weight excluding hydrogens is 991 g/mol. The van der Waals surface area contributed by atoms with E-state index in [4.69, 9.17) is 10.9 Å². The van der Waals surface area contributed by atoms with Crippen molar-refractivity contribution in [2.24, 2.45) is 11.7 Å². The number of nitrogens with two attached hydrogens (primary N) is 1. The van der Waals surface area contributed by atoms with Gasteiger partial charge in [-0.05, 0) is 90.4 Å². The summed E-state index contributed by atoms with van der Waals surface area (Å²) >= 11 is 0. The minimum Gasteiger partial charge on any atom is -0.391 e. The van der Waals surface area contributed by atoms with Crippen molar-refractivity contribution in [3.63, 3.8) is 0 Å². The molecule has 77 heavy (non-hydrogen) atoms. The third kappa shape index (κ3) is 22.5. The lowest BCUT2D eigenvalue weighted by Crippen LogP contribution is -2.60. The maximum absolute atomic E-state index is 14.5. The zero-order chi connectivity index (χ0) is 56.3. The zero-order valence-corrected chi connectivity index (χ0v) is 45.5. The number of hydroxylamine groups is 1. The number of aliphatic hydroxyl groups is 1. The van der Waals surface area contributed by atoms with Gasteiger partial charge in [-0.3, -0.25) is 43.4 Å². The van der Waals surface area contributed by atoms with Gasteiger partial charge in [0, 0.05) is 57.1 Å². The number of primary amides is 1. The number of unbranched alkanes of at least 4 members (excludes halogenated alkanes) is 1. The molecule has 1 saturated carbocycles. The van der Waals surface area contributed by atoms with Crippen LogP contribution in [-0.2, 0) is 51.2 Å². The molecule has 0 radical (unpaired) electrons. The van der Waals surface area contributed by atoms with Gasteiger partial charge in [0.25, 0.3) is 0 Å². The van der Waals surface area contributed by atoms with Gasteiger partial charge in [-0.15, -0.1) is 5.53 Å². The fourth-order valence-electron chi connectivity index (χ4n) is 9.21. The van der Waals surface area contributed by atoms with Crippen LogP contribution >= 0.6 is 0 Å². The van der Waals surface area contributed by atoms with Gasteiger partial charge < -0.3 is 63.2 Å². The molecule has 2 unspecified atom stereocenters. The molecule has 2 aliphatic rings. The van der Waals surface area contributed by atoms with Gasteiger partial charge in [-0.1, -0.05) is 86.8 Å². The summed E-state index contributed by atoms with van der Waals surface area (Å²) in [6, 6.07) is 12.3. The normalized spacial score (nSPS) is 15.9. The van der Waals surface area contributed by atoms with Gasteiger partial charge in [0.2, 0.25) is 47.3 Å². The minimum absolute atomic E-state index is 0.00241. The number of amides is 8. The summed E-state index contributed by atoms with van der Waals surface area (Å²) in [5.74, 6) is -5.27. The molecule has 1 aliphatic heterocycles. The van der Waals surface area contributed by atoms with Crippen molar-refractivity contribution in [1.82, 2.24) is 63.2 Å². The molecule has 0 spiro atoms. The van der Waals surface area contributed by atoms with Crippen LogP contribution in [0.2, 0.25) is 0 Å². The molecule has 8 amide bonds. The van der Waals surface area contributed by atoms with E-state index in [-0.39, 0.29) is 56.6 Å². The molecule has 1 aliphatic carbocycles. The van der Waals surface area contributed by atoms with Gasteiger partial charge in [0.05, 0.1) is 24.9 Å². The lowest BCUT2D eigenvalue weighted by Gasteiger charge is -2.28. The van der Waals surface area contributed by atoms with Crippen LogP contribution in [0.5, 0.6) is 0 Å². The summed E-state index contributed by atoms with van der Waals surface area (Å²) in [6.07, 6.45) is 6.42. The van der Waals surface area contributed by atoms with Gasteiger partial charge in [-0.2, -0.15) is 0 Å². The molecule has 1 heterocycles. The second-order valence-electron chi connectivity index (χ2n) is 20.2. The number of rotatable bonds is 34. The third-order valence-electron chi connectivity index (χ3n) is 13.6. The smallest absolute Gasteiger partial charge is 0.245 e. The molecule has 0 saturated heterocycles. The van der Waals surface area contributed by atoms with Crippen LogP contribution in [0, 0.1) is 5.92 Å². The highest BCUT2D eigenvalue weighted by atomic mass is 16.5. The number of hydrogen-bond acceptors (Lipinski definition) is 15. The van der Waals surface area contributed by atoms with E-state index in [9.17, 15) is 43.5 Å². The van der Waals surface area contributed by atoms with E-state index in [1.165, 1.54) is 18.7 Å². The Bertz CT molecular complexity index is 2230. The average molecular weight is 1080 g/mol. The maximum Gasteiger partial charge on any atom is 0.245 e. The van der Waals surface area contributed by atoms with Crippen LogP contribution in [0.15, 0.2) is 72.6 Å². The second-order valence-corrected chi connectivity index (χ2v) is 20.2. The number of aliphatic hydroxyl groups excluding tert-OH is 1. The van der Waals surface area contributed by atoms with Crippen LogP contribution in [0.4, 0.5) is 0 Å². The van der Waals surface area contributed by atoms with Crippen LogP contribution < -0.4 is 54.1 Å². The van der Waals surface area contributed by atoms with Crippen molar-refractivity contribution in [1.29, 1.82) is 0 Å². The fraction of sp³-hybridized carbons (Fsp3) is 0.593. The quantitative estimate of drug-likeness (QED) is 0.0328. The molecule has 426 valence electrons. The first-order chi connectivity index (χ1) is 36.9. The third-order valence-corrected chi connectivity index (χ3v) is 13.6. The summed E-state index contributed by atoms with van der Waals surface area (Å²) in [5, 5.41) is 37.9. The standard InChI is InChI=1S/C54H85N13O10/c1-6-65(36(2)3)29-17-16-25-43(51(73)62-48(38(5)68)54(76)56-28-26-47(70)66(35-46(55)69)33-42-34-67(64-63-42)30-18-27-57-77)59-53(75)45(32-40-21-12-8-13-22-40)60-49(71)37(4)58-52(74)44(31-39-19-10-7-11-20-39)61-50(72)41-23-14-9-15-24-41/h7-8,10-13,19-22,34,36-38,41,43-45,48,57,63-64,68,77H,6,9,14-18,23-33,35H2,1-5H3,(H2,55,69)(H,56,76)(H,58,74)(H,59,75)(H,60,71)(H,61,72)(H,62,73)/t37-,38+,43-,44-,45?,48?/m0/s1. The Balaban J connectivity index is 1.48. The first kappa shape index (κ1) is 62.9. The number of hydrogen-bond donors (Lipinski definition) is 12. The number of nitrogens with zero attached hydrogens (tertiary/aromatic N) is 3. The zero-order valence-electron chi connectivity index (χ0n) is 45.5. The molecule has 6 atom stereocenters. The van der Waals surface area contributed by atoms with E-state index in [1.54, 1.807) is 41.5 Å². The number of benzene rings is 2. The monoisotopic (exact) mass is 1080 g/mol. The van der Waals surface area contributed by atoms with Crippen molar-refractivity contribution in [2.75, 3.05) is 45.8 Å². The summed E-state index contributed by atoms with van der Waals surface area (Å²) < 4.78 is 0. The van der Waals surface area contributed by atoms with E-state index in [0.29, 0.717) is 50.2 Å². The van der Waals surface area contributed by atoms with Crippen molar-refractivity contribution in [3.05, 3.63) is 83.7 Å². The SMILES string of the molecule is CCN(CCCC[C@H](NC(=O)C(Cc1ccccc1)NC(=O)[C@H](C)NC(=O)[C@H](Cc1ccccc1)NC(=O)C1CCCCC1)C(=O)NC(C(=O)NCCC(=O)N(CC(N)=O)CC1=CN(CCCNO)NN1)[C@@H](C)O)C(C)C. The fourth-order valence-corrected chi connectivity index (χ4v) is 9.21. The highest BCUT2D eigenvalue weighted by molar-refractivity contribution is 5.97. The summed E-state index contributed by atoms with van der Waals surface area (Å²) in [5.41, 5.74) is 15.4. The number of hydrazine groups is 2. The Kier molecular flexibility index (Phi) is 27.3. The maximum atomic E-state index is 14.5. The Hall–Kier alpha value is -6.66. The molecule has 2 aromatic rings. The van der Waals surface area contributed by atoms with Crippen LogP contribution in [0.3, 0.4) is 0 Å². The number of carbonyl (C=O) groups is 8. The van der Waals surface area contributed by atoms with E-state index >= 15 is 0 Å². The first-order valence-electron chi connectivity index (χ1n) is 27.1. The number of carbonyl (C=O) groups excluding carboxylic acids is 8. The Morgan fingerprint density at radius 3 is 1.91 bits per heavy atom. The largest absolute Gasteiger partial charge is 0.391 e. The predicted octanol–water partition coefficient (Wildman–Crippen LogP) is 0.133. The topological polar surface area (TPSA) is 321 Å². The van der Waals surface area contributed by atoms with Crippen molar-refractivity contribution in [2.45, 2.75) is 154 Å². The van der Waals surface area contributed by atoms with E-state index in [0.717, 1.165) is 44.2 Å². The van der Waals surface area contributed by atoms with Gasteiger partial charge >= 0.3 is 0 Å². The van der Waals surface area contributed by atoms with Crippen molar-refractivity contribution >= 4 is 47.3 Å². The molecule has 23 heteroatoms. The van der Waals surface area contributed by atoms with Gasteiger partial charge in [0.1, 0.15) is 30.2 Å². The molecule has 0 aromatic heterocycles. The molecule has 1 fully saturated rings. The summed E-state index contributed by atoms with van der Waals surface area (Å²) in [4.78, 5) is 113. The second kappa shape index (κ2) is 33.5. The van der Waals surface area contributed by atoms with Gasteiger partial charge in [0.15, 0.2) is 0 Å². The van der Waals surface area contributed by atoms with Crippen LogP contribution in [0.1, 0.15) is 110 Å². The Morgan fingerprint density at radius 2 is 1.32 bits per heavy atom. The molecular formula is C54H85N13O10. The van der Waals surface area contributed by atoms with E-state index in [2.05, 4.69) is 74.0 Å². The molecule has 23 nitrogen and oxygen atoms in total. The molecule has 13 N–H and O–H groups in total. The molecule has 2 aromatic carbocycles. The van der Waals surface area contributed by atoms with E-state index < -0.39 is 84.2 Å². The Morgan fingerprint density at radius 1 is 0.727 bits per heavy atom. The number of nitrogens with one attached hydrogen (secondary N) is 9. The molecule has 4 rings (SSSR count). The minimum atomic E-state index is -1.52. The molecule has 0 bridgehead atoms. The Labute approximate surface area is 452 Å². The van der Waals surface area contributed by atoms with Crippen molar-refractivity contribution < 1.29 is 48.7 Å². The lowest BCUT2D eigenvalue weighted by atomic mass is 9.88. The highest BCUT2D eigenvalue weighted by Gasteiger charge is 2.34. The summed E-state index contributed by atoms with van der Waals surface area (Å²) in [6.45, 7) is 10.7. The average Bonchev–Trinajstić information content (AvgIpc) is 3.86. The van der Waals surface area contributed by atoms with Crippen LogP contribution in [-0.4, -0.2) is 161 Å². The summed E-state index contributed by atoms with van der Waals surface area (Å²) in [7, 11) is 0.